The second kappa shape index (κ2) is 5.35. The molecule has 1 aromatic carbocycles. The Hall–Kier alpha value is -1.40. The van der Waals surface area contributed by atoms with Gasteiger partial charge in [-0.3, -0.25) is 9.69 Å². The number of benzene rings is 1. The lowest BCUT2D eigenvalue weighted by Gasteiger charge is -2.46. The van der Waals surface area contributed by atoms with E-state index in [1.54, 1.807) is 19.0 Å². The molecule has 122 valence electrons. The fraction of sp³-hybridized carbons (Fsp3) is 0.562. The summed E-state index contributed by atoms with van der Waals surface area (Å²) in [5, 5.41) is 10.3. The second-order valence-electron chi connectivity index (χ2n) is 6.29. The Bertz CT molecular complexity index is 564. The van der Waals surface area contributed by atoms with Crippen molar-refractivity contribution >= 4 is 5.78 Å². The van der Waals surface area contributed by atoms with Crippen molar-refractivity contribution < 1.29 is 23.1 Å². The van der Waals surface area contributed by atoms with E-state index in [0.29, 0.717) is 24.8 Å². The van der Waals surface area contributed by atoms with Gasteiger partial charge in [0.15, 0.2) is 5.78 Å². The van der Waals surface area contributed by atoms with Gasteiger partial charge in [0.25, 0.3) is 0 Å². The van der Waals surface area contributed by atoms with Crippen molar-refractivity contribution in [1.29, 1.82) is 0 Å². The minimum atomic E-state index is -4.41. The average Bonchev–Trinajstić information content (AvgIpc) is 2.41. The lowest BCUT2D eigenvalue weighted by molar-refractivity contribution is -0.154. The topological polar surface area (TPSA) is 40.5 Å². The average molecular weight is 315 g/mol. The highest BCUT2D eigenvalue weighted by Crippen LogP contribution is 2.43. The van der Waals surface area contributed by atoms with E-state index in [2.05, 4.69) is 0 Å². The van der Waals surface area contributed by atoms with E-state index in [1.807, 2.05) is 0 Å². The first-order valence-electron chi connectivity index (χ1n) is 7.14. The SMILES string of the molecule is CN(C)[C@]1(c2ccc(C(F)(F)F)cc2)CCC[C@](C)(O)C1=O. The summed E-state index contributed by atoms with van der Waals surface area (Å²) >= 11 is 0. The Labute approximate surface area is 127 Å². The Balaban J connectivity index is 2.51. The summed E-state index contributed by atoms with van der Waals surface area (Å²) in [5.74, 6) is -0.365. The number of ketones is 1. The van der Waals surface area contributed by atoms with E-state index >= 15 is 0 Å². The number of hydrogen-bond donors (Lipinski definition) is 1. The smallest absolute Gasteiger partial charge is 0.382 e. The molecule has 1 saturated carbocycles. The van der Waals surface area contributed by atoms with E-state index in [0.717, 1.165) is 12.1 Å². The van der Waals surface area contributed by atoms with E-state index in [4.69, 9.17) is 0 Å². The number of rotatable bonds is 2. The number of alkyl halides is 3. The monoisotopic (exact) mass is 315 g/mol. The van der Waals surface area contributed by atoms with Crippen molar-refractivity contribution in [2.45, 2.75) is 43.5 Å². The molecule has 0 unspecified atom stereocenters. The van der Waals surface area contributed by atoms with Crippen molar-refractivity contribution in [2.75, 3.05) is 14.1 Å². The number of halogens is 3. The molecule has 1 aliphatic rings. The van der Waals surface area contributed by atoms with Gasteiger partial charge in [-0.15, -0.1) is 0 Å². The van der Waals surface area contributed by atoms with Crippen LogP contribution in [0.1, 0.15) is 37.3 Å². The molecule has 1 aromatic rings. The predicted octanol–water partition coefficient (Wildman–Crippen LogP) is 2.97. The van der Waals surface area contributed by atoms with Crippen LogP contribution in [0, 0.1) is 0 Å². The van der Waals surface area contributed by atoms with Gasteiger partial charge in [-0.05, 0) is 58.0 Å². The van der Waals surface area contributed by atoms with Crippen molar-refractivity contribution in [3.63, 3.8) is 0 Å². The second-order valence-corrected chi connectivity index (χ2v) is 6.29. The molecule has 0 aromatic heterocycles. The number of Topliss-reactive ketones (excluding diaryl/α,β-unsaturated/α-hetero) is 1. The molecule has 6 heteroatoms. The molecule has 0 saturated heterocycles. The van der Waals surface area contributed by atoms with Crippen LogP contribution in [0.5, 0.6) is 0 Å². The highest BCUT2D eigenvalue weighted by atomic mass is 19.4. The van der Waals surface area contributed by atoms with Gasteiger partial charge in [0, 0.05) is 0 Å². The van der Waals surface area contributed by atoms with Crippen LogP contribution in [-0.2, 0) is 16.5 Å². The van der Waals surface area contributed by atoms with Crippen molar-refractivity contribution in [1.82, 2.24) is 4.90 Å². The zero-order valence-corrected chi connectivity index (χ0v) is 12.9. The Kier molecular flexibility index (Phi) is 4.13. The van der Waals surface area contributed by atoms with Crippen molar-refractivity contribution in [3.8, 4) is 0 Å². The Morgan fingerprint density at radius 2 is 1.68 bits per heavy atom. The van der Waals surface area contributed by atoms with Crippen LogP contribution in [0.2, 0.25) is 0 Å². The maximum Gasteiger partial charge on any atom is 0.416 e. The highest BCUT2D eigenvalue weighted by molar-refractivity contribution is 5.96. The van der Waals surface area contributed by atoms with Gasteiger partial charge in [-0.1, -0.05) is 12.1 Å². The molecule has 1 fully saturated rings. The van der Waals surface area contributed by atoms with Gasteiger partial charge in [-0.25, -0.2) is 0 Å². The zero-order valence-electron chi connectivity index (χ0n) is 12.9. The van der Waals surface area contributed by atoms with E-state index < -0.39 is 22.9 Å². The van der Waals surface area contributed by atoms with Crippen molar-refractivity contribution in [3.05, 3.63) is 35.4 Å². The van der Waals surface area contributed by atoms with E-state index in [-0.39, 0.29) is 5.78 Å². The molecule has 0 radical (unpaired) electrons. The molecule has 1 N–H and O–H groups in total. The van der Waals surface area contributed by atoms with Gasteiger partial charge in [0.1, 0.15) is 11.1 Å². The Morgan fingerprint density at radius 3 is 2.14 bits per heavy atom. The first-order valence-corrected chi connectivity index (χ1v) is 7.14. The van der Waals surface area contributed by atoms with Gasteiger partial charge >= 0.3 is 6.18 Å². The third-order valence-corrected chi connectivity index (χ3v) is 4.52. The summed E-state index contributed by atoms with van der Waals surface area (Å²) in [4.78, 5) is 14.5. The molecule has 0 heterocycles. The number of carbonyl (C=O) groups excluding carboxylic acids is 1. The molecular weight excluding hydrogens is 295 g/mol. The standard InChI is InChI=1S/C16H20F3NO2/c1-14(22)9-4-10-15(13(14)21,20(2)3)11-5-7-12(8-6-11)16(17,18)19/h5-8,22H,4,9-10H2,1-3H3/t14-,15-/m0/s1. The first kappa shape index (κ1) is 17.0. The summed E-state index contributed by atoms with van der Waals surface area (Å²) in [5.41, 5.74) is -2.83. The van der Waals surface area contributed by atoms with Crippen LogP contribution >= 0.6 is 0 Å². The van der Waals surface area contributed by atoms with Gasteiger partial charge in [0.2, 0.25) is 0 Å². The van der Waals surface area contributed by atoms with Gasteiger partial charge in [-0.2, -0.15) is 13.2 Å². The quantitative estimate of drug-likeness (QED) is 0.912. The highest BCUT2D eigenvalue weighted by Gasteiger charge is 2.52. The largest absolute Gasteiger partial charge is 0.416 e. The molecule has 0 amide bonds. The molecule has 0 bridgehead atoms. The van der Waals surface area contributed by atoms with Gasteiger partial charge in [0.05, 0.1) is 5.56 Å². The van der Waals surface area contributed by atoms with E-state index in [1.165, 1.54) is 19.1 Å². The van der Waals surface area contributed by atoms with E-state index in [9.17, 15) is 23.1 Å². The fourth-order valence-electron chi connectivity index (χ4n) is 3.26. The van der Waals surface area contributed by atoms with Crippen LogP contribution < -0.4 is 0 Å². The molecule has 0 aliphatic heterocycles. The molecular formula is C16H20F3NO2. The molecule has 1 aliphatic carbocycles. The third kappa shape index (κ3) is 2.65. The summed E-state index contributed by atoms with van der Waals surface area (Å²) < 4.78 is 38.1. The molecule has 3 nitrogen and oxygen atoms in total. The minimum absolute atomic E-state index is 0.363. The summed E-state index contributed by atoms with van der Waals surface area (Å²) in [7, 11) is 3.41. The normalized spacial score (nSPS) is 29.9. The molecule has 0 spiro atoms. The number of hydrogen-bond acceptors (Lipinski definition) is 3. The Morgan fingerprint density at radius 1 is 1.14 bits per heavy atom. The number of likely N-dealkylation sites (N-methyl/N-ethyl adjacent to an activating group) is 1. The zero-order chi connectivity index (χ0) is 16.8. The van der Waals surface area contributed by atoms with Crippen molar-refractivity contribution in [2.24, 2.45) is 0 Å². The predicted molar refractivity (Wildman–Crippen MR) is 76.3 cm³/mol. The van der Waals surface area contributed by atoms with Gasteiger partial charge < -0.3 is 5.11 Å². The number of nitrogens with zero attached hydrogens (tertiary/aromatic N) is 1. The van der Waals surface area contributed by atoms with Crippen LogP contribution in [0.25, 0.3) is 0 Å². The lowest BCUT2D eigenvalue weighted by atomic mass is 9.68. The maximum atomic E-state index is 12.8. The van der Waals surface area contributed by atoms with Crippen LogP contribution in [0.4, 0.5) is 13.2 Å². The maximum absolute atomic E-state index is 12.8. The molecule has 2 atom stereocenters. The van der Waals surface area contributed by atoms with Crippen LogP contribution in [0.3, 0.4) is 0 Å². The number of aliphatic hydroxyl groups is 1. The summed E-state index contributed by atoms with van der Waals surface area (Å²) in [6.45, 7) is 1.47. The van der Waals surface area contributed by atoms with Crippen LogP contribution in [0.15, 0.2) is 24.3 Å². The third-order valence-electron chi connectivity index (χ3n) is 4.52. The minimum Gasteiger partial charge on any atom is -0.382 e. The summed E-state index contributed by atoms with van der Waals surface area (Å²) in [6, 6.07) is 4.64. The summed E-state index contributed by atoms with van der Waals surface area (Å²) in [6.07, 6.45) is -2.95. The first-order chi connectivity index (χ1) is 10.0. The van der Waals surface area contributed by atoms with Crippen LogP contribution in [-0.4, -0.2) is 35.5 Å². The number of carbonyl (C=O) groups is 1. The molecule has 2 rings (SSSR count). The molecule has 22 heavy (non-hydrogen) atoms. The fourth-order valence-corrected chi connectivity index (χ4v) is 3.26. The lowest BCUT2D eigenvalue weighted by Crippen LogP contribution is -2.59.